The molecule has 6 heteroatoms. The summed E-state index contributed by atoms with van der Waals surface area (Å²) in [4.78, 5) is 3.34. The third kappa shape index (κ3) is 3.45. The van der Waals surface area contributed by atoms with Gasteiger partial charge in [0.25, 0.3) is 0 Å². The highest BCUT2D eigenvalue weighted by Crippen LogP contribution is 2.19. The van der Waals surface area contributed by atoms with Gasteiger partial charge in [0.15, 0.2) is 5.11 Å². The van der Waals surface area contributed by atoms with Crippen molar-refractivity contribution in [1.29, 1.82) is 0 Å². The fraction of sp³-hybridized carbons (Fsp3) is 0.375. The molecule has 0 unspecified atom stereocenters. The average Bonchev–Trinajstić information content (AvgIpc) is 3.13. The lowest BCUT2D eigenvalue weighted by Crippen LogP contribution is -2.37. The maximum Gasteiger partial charge on any atom is 0.187 e. The first-order valence-corrected chi connectivity index (χ1v) is 7.90. The largest absolute Gasteiger partial charge is 0.376 e. The Morgan fingerprint density at radius 3 is 3.18 bits per heavy atom. The summed E-state index contributed by atoms with van der Waals surface area (Å²) in [6, 6.07) is 8.17. The molecule has 5 nitrogen and oxygen atoms in total. The number of hydrogen-bond acceptors (Lipinski definition) is 3. The minimum Gasteiger partial charge on any atom is -0.376 e. The monoisotopic (exact) mass is 316 g/mol. The molecule has 0 bridgehead atoms. The van der Waals surface area contributed by atoms with Crippen LogP contribution in [0.15, 0.2) is 29.4 Å². The highest BCUT2D eigenvalue weighted by molar-refractivity contribution is 7.80. The summed E-state index contributed by atoms with van der Waals surface area (Å²) in [5.41, 5.74) is 6.13. The number of benzene rings is 1. The summed E-state index contributed by atoms with van der Waals surface area (Å²) in [6.45, 7) is 3.62. The zero-order valence-electron chi connectivity index (χ0n) is 12.6. The minimum atomic E-state index is 0.264. The Morgan fingerprint density at radius 1 is 1.50 bits per heavy atom. The van der Waals surface area contributed by atoms with Gasteiger partial charge in [0.2, 0.25) is 0 Å². The number of aromatic amines is 1. The van der Waals surface area contributed by atoms with Gasteiger partial charge in [-0.25, -0.2) is 0 Å². The zero-order valence-corrected chi connectivity index (χ0v) is 13.4. The molecule has 1 aliphatic heterocycles. The topological polar surface area (TPSA) is 61.4 Å². The van der Waals surface area contributed by atoms with Crippen molar-refractivity contribution in [2.45, 2.75) is 25.9 Å². The van der Waals surface area contributed by atoms with E-state index in [9.17, 15) is 0 Å². The number of aromatic nitrogens is 1. The van der Waals surface area contributed by atoms with Crippen molar-refractivity contribution in [3.05, 3.63) is 35.5 Å². The van der Waals surface area contributed by atoms with Crippen LogP contribution in [0, 0.1) is 6.92 Å². The summed E-state index contributed by atoms with van der Waals surface area (Å²) in [7, 11) is 0. The Hall–Kier alpha value is -1.92. The predicted octanol–water partition coefficient (Wildman–Crippen LogP) is 2.45. The fourth-order valence-electron chi connectivity index (χ4n) is 2.67. The summed E-state index contributed by atoms with van der Waals surface area (Å²) >= 11 is 5.21. The zero-order chi connectivity index (χ0) is 15.4. The molecule has 1 aromatic carbocycles. The molecule has 0 spiro atoms. The van der Waals surface area contributed by atoms with Crippen molar-refractivity contribution in [2.75, 3.05) is 13.2 Å². The van der Waals surface area contributed by atoms with E-state index in [0.29, 0.717) is 5.11 Å². The quantitative estimate of drug-likeness (QED) is 0.461. The molecule has 2 heterocycles. The van der Waals surface area contributed by atoms with Gasteiger partial charge in [-0.2, -0.15) is 5.10 Å². The second-order valence-electron chi connectivity index (χ2n) is 5.42. The van der Waals surface area contributed by atoms with Crippen LogP contribution in [-0.4, -0.2) is 35.6 Å². The third-order valence-electron chi connectivity index (χ3n) is 3.82. The number of rotatable bonds is 4. The van der Waals surface area contributed by atoms with Gasteiger partial charge >= 0.3 is 0 Å². The second-order valence-corrected chi connectivity index (χ2v) is 5.83. The number of aryl methyl sites for hydroxylation is 1. The molecule has 116 valence electrons. The van der Waals surface area contributed by atoms with E-state index in [0.717, 1.165) is 48.2 Å². The van der Waals surface area contributed by atoms with Crippen molar-refractivity contribution < 1.29 is 4.74 Å². The predicted molar refractivity (Wildman–Crippen MR) is 93.3 cm³/mol. The van der Waals surface area contributed by atoms with E-state index in [1.54, 1.807) is 6.21 Å². The van der Waals surface area contributed by atoms with E-state index in [1.807, 2.05) is 19.1 Å². The number of thiocarbonyl (C=S) groups is 1. The molecule has 1 aromatic heterocycles. The molecule has 0 amide bonds. The van der Waals surface area contributed by atoms with Gasteiger partial charge in [-0.3, -0.25) is 5.43 Å². The Labute approximate surface area is 135 Å². The Kier molecular flexibility index (Phi) is 4.70. The van der Waals surface area contributed by atoms with E-state index >= 15 is 0 Å². The van der Waals surface area contributed by atoms with Gasteiger partial charge in [0.05, 0.1) is 12.3 Å². The van der Waals surface area contributed by atoms with Gasteiger partial charge in [0, 0.05) is 35.3 Å². The highest BCUT2D eigenvalue weighted by Gasteiger charge is 2.15. The Balaban J connectivity index is 1.56. The van der Waals surface area contributed by atoms with Crippen LogP contribution in [0.3, 0.4) is 0 Å². The van der Waals surface area contributed by atoms with Gasteiger partial charge in [-0.05, 0) is 38.0 Å². The lowest BCUT2D eigenvalue weighted by Gasteiger charge is -2.11. The van der Waals surface area contributed by atoms with E-state index < -0.39 is 0 Å². The highest BCUT2D eigenvalue weighted by atomic mass is 32.1. The first-order valence-electron chi connectivity index (χ1n) is 7.50. The van der Waals surface area contributed by atoms with E-state index in [4.69, 9.17) is 17.0 Å². The lowest BCUT2D eigenvalue weighted by molar-refractivity contribution is 0.114. The minimum absolute atomic E-state index is 0.264. The molecule has 2 aromatic rings. The van der Waals surface area contributed by atoms with Gasteiger partial charge < -0.3 is 15.0 Å². The number of H-pyrrole nitrogens is 1. The normalized spacial score (nSPS) is 18.1. The number of nitrogens with one attached hydrogen (secondary N) is 3. The fourth-order valence-corrected chi connectivity index (χ4v) is 2.81. The maximum absolute atomic E-state index is 5.54. The van der Waals surface area contributed by atoms with Crippen LogP contribution in [0.25, 0.3) is 10.9 Å². The van der Waals surface area contributed by atoms with E-state index in [1.165, 1.54) is 0 Å². The average molecular weight is 316 g/mol. The van der Waals surface area contributed by atoms with Gasteiger partial charge in [-0.15, -0.1) is 0 Å². The van der Waals surface area contributed by atoms with Gasteiger partial charge in [-0.1, -0.05) is 18.2 Å². The number of fused-ring (bicyclic) bond motifs is 1. The molecule has 1 fully saturated rings. The van der Waals surface area contributed by atoms with E-state index in [-0.39, 0.29) is 6.10 Å². The molecule has 3 N–H and O–H groups in total. The molecule has 0 radical (unpaired) electrons. The third-order valence-corrected chi connectivity index (χ3v) is 4.05. The molecule has 1 saturated heterocycles. The summed E-state index contributed by atoms with van der Waals surface area (Å²) < 4.78 is 5.54. The van der Waals surface area contributed by atoms with Crippen LogP contribution >= 0.6 is 12.2 Å². The SMILES string of the molecule is Cc1[nH]c2ccccc2c1/C=N/NC(=S)NC[C@H]1CCCO1. The summed E-state index contributed by atoms with van der Waals surface area (Å²) in [6.07, 6.45) is 4.28. The Morgan fingerprint density at radius 2 is 2.36 bits per heavy atom. The van der Waals surface area contributed by atoms with Crippen molar-refractivity contribution in [2.24, 2.45) is 5.10 Å². The number of para-hydroxylation sites is 1. The molecule has 3 rings (SSSR count). The number of nitrogens with zero attached hydrogens (tertiary/aromatic N) is 1. The van der Waals surface area contributed by atoms with Crippen molar-refractivity contribution in [1.82, 2.24) is 15.7 Å². The van der Waals surface area contributed by atoms with Crippen LogP contribution in [-0.2, 0) is 4.74 Å². The molecule has 0 saturated carbocycles. The molecule has 1 aliphatic rings. The number of ether oxygens (including phenoxy) is 1. The van der Waals surface area contributed by atoms with Crippen molar-refractivity contribution >= 4 is 34.4 Å². The van der Waals surface area contributed by atoms with Crippen LogP contribution in [0.2, 0.25) is 0 Å². The molecular formula is C16H20N4OS. The van der Waals surface area contributed by atoms with Crippen LogP contribution in [0.1, 0.15) is 24.1 Å². The molecule has 1 atom stereocenters. The maximum atomic E-state index is 5.54. The van der Waals surface area contributed by atoms with Crippen molar-refractivity contribution in [3.8, 4) is 0 Å². The van der Waals surface area contributed by atoms with E-state index in [2.05, 4.69) is 33.0 Å². The summed E-state index contributed by atoms with van der Waals surface area (Å²) in [5.74, 6) is 0. The first kappa shape index (κ1) is 15.0. The lowest BCUT2D eigenvalue weighted by atomic mass is 10.1. The number of hydrazone groups is 1. The molecule has 22 heavy (non-hydrogen) atoms. The van der Waals surface area contributed by atoms with Crippen LogP contribution in [0.4, 0.5) is 0 Å². The summed E-state index contributed by atoms with van der Waals surface area (Å²) in [5, 5.41) is 9.03. The number of hydrogen-bond donors (Lipinski definition) is 3. The second kappa shape index (κ2) is 6.89. The van der Waals surface area contributed by atoms with Crippen molar-refractivity contribution in [3.63, 3.8) is 0 Å². The standard InChI is InChI=1S/C16H20N4OS/c1-11-14(13-6-2-3-7-15(13)19-11)10-18-20-16(22)17-9-12-5-4-8-21-12/h2-3,6-7,10,12,19H,4-5,8-9H2,1H3,(H2,17,20,22)/b18-10+/t12-/m1/s1. The van der Waals surface area contributed by atoms with Gasteiger partial charge in [0.1, 0.15) is 0 Å². The smallest absolute Gasteiger partial charge is 0.187 e. The molecular weight excluding hydrogens is 296 g/mol. The Bertz CT molecular complexity index is 689. The van der Waals surface area contributed by atoms with Crippen LogP contribution < -0.4 is 10.7 Å². The first-order chi connectivity index (χ1) is 10.7. The van der Waals surface area contributed by atoms with Crippen LogP contribution in [0.5, 0.6) is 0 Å². The molecule has 0 aliphatic carbocycles.